The van der Waals surface area contributed by atoms with Crippen LogP contribution in [0.5, 0.6) is 0 Å². The summed E-state index contributed by atoms with van der Waals surface area (Å²) < 4.78 is 0. The molecule has 0 saturated carbocycles. The van der Waals surface area contributed by atoms with E-state index in [0.29, 0.717) is 18.9 Å². The first-order valence-corrected chi connectivity index (χ1v) is 11.4. The number of nitrogens with one attached hydrogen (secondary N) is 3. The number of rotatable bonds is 15. The maximum atomic E-state index is 11.4. The fourth-order valence-electron chi connectivity index (χ4n) is 2.67. The predicted octanol–water partition coefficient (Wildman–Crippen LogP) is 1.44. The molecule has 0 unspecified atom stereocenters. The molecule has 0 spiro atoms. The zero-order chi connectivity index (χ0) is 22.0. The Morgan fingerprint density at radius 1 is 0.607 bits per heavy atom. The van der Waals surface area contributed by atoms with Gasteiger partial charge in [0.2, 0.25) is 0 Å². The zero-order valence-corrected chi connectivity index (χ0v) is 18.5. The van der Waals surface area contributed by atoms with Crippen molar-refractivity contribution < 1.29 is 29.7 Å². The SMILES string of the molecule is CC(C)[C@H](NCP(CN[C@H](C(=O)O)C(C)C)CN[C@H](C(=O)O)C(C)C)C(=O)O. The average Bonchev–Trinajstić information content (AvgIpc) is 2.52. The number of hydrogen-bond donors (Lipinski definition) is 6. The van der Waals surface area contributed by atoms with Crippen LogP contribution >= 0.6 is 7.92 Å². The lowest BCUT2D eigenvalue weighted by Gasteiger charge is -2.28. The summed E-state index contributed by atoms with van der Waals surface area (Å²) in [5.74, 6) is -3.16. The van der Waals surface area contributed by atoms with E-state index in [1.807, 2.05) is 41.5 Å². The molecule has 0 rings (SSSR count). The summed E-state index contributed by atoms with van der Waals surface area (Å²) >= 11 is 0. The lowest BCUT2D eigenvalue weighted by atomic mass is 10.1. The molecular weight excluding hydrogens is 385 g/mol. The Kier molecular flexibility index (Phi) is 12.4. The number of carbonyl (C=O) groups is 3. The standard InChI is InChI=1S/C18H36N3O6P/c1-10(2)13(16(22)23)19-7-28(8-20-14(11(3)4)17(24)25)9-21-15(12(5)6)18(26)27/h10-15,19-21H,7-9H2,1-6H3,(H,22,23)(H,24,25)(H,26,27)/t13-,14-,15-/m0/s1. The summed E-state index contributed by atoms with van der Waals surface area (Å²) in [5, 5.41) is 37.1. The van der Waals surface area contributed by atoms with Crippen LogP contribution in [0, 0.1) is 17.8 Å². The van der Waals surface area contributed by atoms with Crippen LogP contribution in [0.2, 0.25) is 0 Å². The van der Waals surface area contributed by atoms with Gasteiger partial charge < -0.3 is 31.3 Å². The lowest BCUT2D eigenvalue weighted by Crippen LogP contribution is -2.46. The van der Waals surface area contributed by atoms with Gasteiger partial charge in [-0.3, -0.25) is 14.4 Å². The minimum absolute atomic E-state index is 0.111. The Morgan fingerprint density at radius 3 is 0.964 bits per heavy atom. The third-order valence-electron chi connectivity index (χ3n) is 4.40. The number of carboxylic acids is 3. The normalized spacial score (nSPS) is 15.2. The first-order chi connectivity index (χ1) is 12.9. The number of hydrogen-bond acceptors (Lipinski definition) is 6. The average molecular weight is 421 g/mol. The van der Waals surface area contributed by atoms with E-state index in [1.165, 1.54) is 0 Å². The maximum absolute atomic E-state index is 11.4. The highest BCUT2D eigenvalue weighted by Gasteiger charge is 2.26. The highest BCUT2D eigenvalue weighted by atomic mass is 31.1. The Hall–Kier alpha value is -1.28. The minimum atomic E-state index is -0.943. The predicted molar refractivity (Wildman–Crippen MR) is 110 cm³/mol. The second-order valence-corrected chi connectivity index (χ2v) is 10.2. The molecule has 6 N–H and O–H groups in total. The van der Waals surface area contributed by atoms with Gasteiger partial charge in [0.05, 0.1) is 0 Å². The van der Waals surface area contributed by atoms with Gasteiger partial charge in [-0.05, 0) is 17.8 Å². The zero-order valence-electron chi connectivity index (χ0n) is 17.6. The van der Waals surface area contributed by atoms with Crippen LogP contribution in [0.3, 0.4) is 0 Å². The van der Waals surface area contributed by atoms with E-state index in [9.17, 15) is 29.7 Å². The van der Waals surface area contributed by atoms with Crippen LogP contribution in [0.15, 0.2) is 0 Å². The van der Waals surface area contributed by atoms with Crippen molar-refractivity contribution in [3.8, 4) is 0 Å². The fourth-order valence-corrected chi connectivity index (χ4v) is 4.37. The smallest absolute Gasteiger partial charge is 0.320 e. The molecule has 0 aliphatic carbocycles. The number of aliphatic carboxylic acids is 3. The van der Waals surface area contributed by atoms with Crippen LogP contribution in [0.4, 0.5) is 0 Å². The van der Waals surface area contributed by atoms with Gasteiger partial charge >= 0.3 is 17.9 Å². The molecule has 0 amide bonds. The van der Waals surface area contributed by atoms with Crippen LogP contribution < -0.4 is 16.0 Å². The highest BCUT2D eigenvalue weighted by Crippen LogP contribution is 2.32. The van der Waals surface area contributed by atoms with Gasteiger partial charge in [0, 0.05) is 18.9 Å². The van der Waals surface area contributed by atoms with Crippen molar-refractivity contribution >= 4 is 25.8 Å². The van der Waals surface area contributed by atoms with Crippen LogP contribution in [-0.4, -0.2) is 70.2 Å². The highest BCUT2D eigenvalue weighted by molar-refractivity contribution is 7.57. The molecule has 0 saturated heterocycles. The molecule has 0 aliphatic heterocycles. The van der Waals surface area contributed by atoms with E-state index in [4.69, 9.17) is 0 Å². The van der Waals surface area contributed by atoms with Crippen molar-refractivity contribution in [2.75, 3.05) is 18.9 Å². The van der Waals surface area contributed by atoms with Crippen LogP contribution in [0.1, 0.15) is 41.5 Å². The summed E-state index contributed by atoms with van der Waals surface area (Å²) in [5.41, 5.74) is 0. The molecule has 0 aromatic rings. The molecule has 0 radical (unpaired) electrons. The molecule has 0 aromatic carbocycles. The Labute approximate surface area is 168 Å². The van der Waals surface area contributed by atoms with Crippen LogP contribution in [0.25, 0.3) is 0 Å². The molecule has 3 atom stereocenters. The van der Waals surface area contributed by atoms with E-state index in [-0.39, 0.29) is 17.8 Å². The first kappa shape index (κ1) is 26.7. The fraction of sp³-hybridized carbons (Fsp3) is 0.833. The van der Waals surface area contributed by atoms with Crippen molar-refractivity contribution in [2.24, 2.45) is 17.8 Å². The molecule has 28 heavy (non-hydrogen) atoms. The van der Waals surface area contributed by atoms with Gasteiger partial charge in [0.25, 0.3) is 0 Å². The van der Waals surface area contributed by atoms with Crippen LogP contribution in [-0.2, 0) is 14.4 Å². The summed E-state index contributed by atoms with van der Waals surface area (Å²) in [4.78, 5) is 34.2. The minimum Gasteiger partial charge on any atom is -0.480 e. The van der Waals surface area contributed by atoms with Gasteiger partial charge in [0.1, 0.15) is 18.1 Å². The van der Waals surface area contributed by atoms with Crippen molar-refractivity contribution in [1.29, 1.82) is 0 Å². The lowest BCUT2D eigenvalue weighted by molar-refractivity contribution is -0.141. The Bertz CT molecular complexity index is 444. The Morgan fingerprint density at radius 2 is 0.821 bits per heavy atom. The second kappa shape index (κ2) is 13.0. The van der Waals surface area contributed by atoms with E-state index in [0.717, 1.165) is 0 Å². The summed E-state index contributed by atoms with van der Waals surface area (Å²) in [6.45, 7) is 10.9. The third-order valence-corrected chi connectivity index (χ3v) is 6.29. The van der Waals surface area contributed by atoms with E-state index in [1.54, 1.807) is 0 Å². The van der Waals surface area contributed by atoms with Gasteiger partial charge in [-0.2, -0.15) is 0 Å². The molecule has 9 nitrogen and oxygen atoms in total. The molecular formula is C18H36N3O6P. The van der Waals surface area contributed by atoms with Gasteiger partial charge in [-0.1, -0.05) is 49.5 Å². The maximum Gasteiger partial charge on any atom is 0.320 e. The van der Waals surface area contributed by atoms with E-state index < -0.39 is 44.0 Å². The van der Waals surface area contributed by atoms with Crippen molar-refractivity contribution in [3.05, 3.63) is 0 Å². The monoisotopic (exact) mass is 421 g/mol. The molecule has 0 heterocycles. The summed E-state index contributed by atoms with van der Waals surface area (Å²) in [6.07, 6.45) is 1.12. The molecule has 0 bridgehead atoms. The van der Waals surface area contributed by atoms with Crippen molar-refractivity contribution in [1.82, 2.24) is 16.0 Å². The largest absolute Gasteiger partial charge is 0.480 e. The van der Waals surface area contributed by atoms with Crippen molar-refractivity contribution in [3.63, 3.8) is 0 Å². The third kappa shape index (κ3) is 9.78. The molecule has 0 aliphatic rings. The molecule has 0 aromatic heterocycles. The second-order valence-electron chi connectivity index (χ2n) is 7.94. The number of carboxylic acid groups (broad SMARTS) is 3. The van der Waals surface area contributed by atoms with Gasteiger partial charge in [-0.25, -0.2) is 0 Å². The summed E-state index contributed by atoms with van der Waals surface area (Å²) in [6, 6.07) is -2.15. The quantitative estimate of drug-likeness (QED) is 0.216. The topological polar surface area (TPSA) is 148 Å². The van der Waals surface area contributed by atoms with E-state index >= 15 is 0 Å². The van der Waals surface area contributed by atoms with Crippen molar-refractivity contribution in [2.45, 2.75) is 59.7 Å². The first-order valence-electron chi connectivity index (χ1n) is 9.49. The molecule has 10 heteroatoms. The van der Waals surface area contributed by atoms with E-state index in [2.05, 4.69) is 16.0 Å². The summed E-state index contributed by atoms with van der Waals surface area (Å²) in [7, 11) is -0.930. The molecule has 0 fully saturated rings. The van der Waals surface area contributed by atoms with Gasteiger partial charge in [-0.15, -0.1) is 0 Å². The molecule has 164 valence electrons. The van der Waals surface area contributed by atoms with Gasteiger partial charge in [0.15, 0.2) is 0 Å². The Balaban J connectivity index is 5.10.